The lowest BCUT2D eigenvalue weighted by atomic mass is 9.90. The third-order valence-electron chi connectivity index (χ3n) is 7.67. The molecule has 2 aromatic rings. The van der Waals surface area contributed by atoms with Gasteiger partial charge >= 0.3 is 0 Å². The second-order valence-electron chi connectivity index (χ2n) is 10.6. The van der Waals surface area contributed by atoms with Gasteiger partial charge < -0.3 is 74.7 Å². The summed E-state index contributed by atoms with van der Waals surface area (Å²) in [7, 11) is 0. The van der Waals surface area contributed by atoms with Crippen LogP contribution in [0.2, 0.25) is 0 Å². The van der Waals surface area contributed by atoms with E-state index in [-0.39, 0.29) is 28.4 Å². The molecule has 10 N–H and O–H groups in total. The molecule has 42 heavy (non-hydrogen) atoms. The number of aliphatic hydroxyl groups is 8. The molecule has 12 atom stereocenters. The minimum atomic E-state index is -2.39. The second-order valence-corrected chi connectivity index (χ2v) is 10.6. The molecule has 0 aliphatic carbocycles. The van der Waals surface area contributed by atoms with Gasteiger partial charge in [0.15, 0.2) is 12.4 Å². The smallest absolute Gasteiger partial charge is 0.229 e. The van der Waals surface area contributed by atoms with Gasteiger partial charge in [-0.1, -0.05) is 12.1 Å². The summed E-state index contributed by atoms with van der Waals surface area (Å²) in [6, 6.07) is 7.95. The highest BCUT2D eigenvalue weighted by Gasteiger charge is 2.53. The summed E-state index contributed by atoms with van der Waals surface area (Å²) in [6.07, 6.45) is -17.1. The van der Waals surface area contributed by atoms with Crippen LogP contribution in [0, 0.1) is 0 Å². The number of benzene rings is 2. The molecule has 0 radical (unpaired) electrons. The molecule has 2 saturated heterocycles. The van der Waals surface area contributed by atoms with Crippen molar-refractivity contribution in [2.24, 2.45) is 0 Å². The monoisotopic (exact) mass is 598 g/mol. The number of phenolic OH excluding ortho intramolecular Hbond substituents is 2. The van der Waals surface area contributed by atoms with Crippen molar-refractivity contribution >= 4 is 0 Å². The van der Waals surface area contributed by atoms with Crippen LogP contribution in [0.1, 0.15) is 24.2 Å². The number of rotatable bonds is 6. The van der Waals surface area contributed by atoms with Gasteiger partial charge in [-0.25, -0.2) is 0 Å². The van der Waals surface area contributed by atoms with E-state index in [1.165, 1.54) is 37.3 Å². The van der Waals surface area contributed by atoms with Gasteiger partial charge in [-0.15, -0.1) is 0 Å². The van der Waals surface area contributed by atoms with Crippen LogP contribution in [0.15, 0.2) is 36.4 Å². The Morgan fingerprint density at radius 1 is 0.833 bits per heavy atom. The number of hydrogen-bond acceptors (Lipinski definition) is 15. The van der Waals surface area contributed by atoms with Crippen LogP contribution < -0.4 is 9.47 Å². The van der Waals surface area contributed by atoms with Gasteiger partial charge in [0, 0.05) is 24.1 Å². The number of fused-ring (bicyclic) bond motifs is 1. The predicted molar refractivity (Wildman–Crippen MR) is 136 cm³/mol. The first-order chi connectivity index (χ1) is 19.8. The van der Waals surface area contributed by atoms with E-state index in [2.05, 4.69) is 0 Å². The van der Waals surface area contributed by atoms with Crippen LogP contribution in [0.5, 0.6) is 23.0 Å². The average Bonchev–Trinajstić information content (AvgIpc) is 2.96. The molecule has 3 aliphatic rings. The van der Waals surface area contributed by atoms with E-state index in [4.69, 9.17) is 23.7 Å². The van der Waals surface area contributed by atoms with E-state index in [0.717, 1.165) is 6.07 Å². The lowest BCUT2D eigenvalue weighted by Crippen LogP contribution is -2.62. The molecule has 3 heterocycles. The second kappa shape index (κ2) is 11.7. The zero-order valence-corrected chi connectivity index (χ0v) is 22.2. The SMILES string of the molecule is C[C@@H]1O[C@@H](Oc2cc(O)c3c(c2)OC(c2ccc(O)cc2)C(O)(O[C@@H]2O[C@H](CO)[C@H](O)[C@H](O)[C@H]2O)C3)[C@H](O)[C@H](O)[C@@H]1O. The van der Waals surface area contributed by atoms with Crippen LogP contribution in [0.4, 0.5) is 0 Å². The fourth-order valence-electron chi connectivity index (χ4n) is 5.21. The van der Waals surface area contributed by atoms with Crippen molar-refractivity contribution in [1.82, 2.24) is 0 Å². The van der Waals surface area contributed by atoms with Crippen molar-refractivity contribution in [1.29, 1.82) is 0 Å². The number of ether oxygens (including phenoxy) is 5. The minimum Gasteiger partial charge on any atom is -0.508 e. The third-order valence-corrected chi connectivity index (χ3v) is 7.67. The van der Waals surface area contributed by atoms with Gasteiger partial charge in [-0.2, -0.15) is 0 Å². The number of phenols is 2. The van der Waals surface area contributed by atoms with Gasteiger partial charge in [0.05, 0.1) is 12.7 Å². The molecule has 232 valence electrons. The maximum atomic E-state index is 11.8. The molecule has 5 rings (SSSR count). The first kappa shape index (κ1) is 30.7. The third kappa shape index (κ3) is 5.61. The fourth-order valence-corrected chi connectivity index (χ4v) is 5.21. The fraction of sp³-hybridized carbons (Fsp3) is 0.556. The zero-order chi connectivity index (χ0) is 30.5. The Bertz CT molecular complexity index is 1240. The van der Waals surface area contributed by atoms with Gasteiger partial charge in [-0.3, -0.25) is 0 Å². The minimum absolute atomic E-state index is 0.00378. The molecule has 0 spiro atoms. The van der Waals surface area contributed by atoms with Gasteiger partial charge in [0.25, 0.3) is 0 Å². The van der Waals surface area contributed by atoms with E-state index >= 15 is 0 Å². The summed E-state index contributed by atoms with van der Waals surface area (Å²) in [4.78, 5) is 0. The quantitative estimate of drug-likeness (QED) is 0.154. The van der Waals surface area contributed by atoms with Crippen LogP contribution in [0.3, 0.4) is 0 Å². The largest absolute Gasteiger partial charge is 0.508 e. The van der Waals surface area contributed by atoms with Gasteiger partial charge in [0.2, 0.25) is 12.1 Å². The maximum absolute atomic E-state index is 11.8. The lowest BCUT2D eigenvalue weighted by Gasteiger charge is -2.46. The first-order valence-corrected chi connectivity index (χ1v) is 13.2. The molecule has 15 nitrogen and oxygen atoms in total. The van der Waals surface area contributed by atoms with Crippen LogP contribution in [-0.4, -0.2) is 125 Å². The Hall–Kier alpha value is -2.80. The molecule has 0 aromatic heterocycles. The summed E-state index contributed by atoms with van der Waals surface area (Å²) in [6.45, 7) is 0.740. The summed E-state index contributed by atoms with van der Waals surface area (Å²) < 4.78 is 28.3. The standard InChI is InChI=1S/C27H34O15/c1-10-18(31)20(33)22(35)25(38-10)39-13-6-15(30)14-8-27(37,42-26-23(36)21(34)19(32)17(9-28)41-26)24(40-16(14)7-13)11-2-4-12(29)5-3-11/h2-7,10,17-26,28-37H,8-9H2,1H3/t10-,17+,18+,19-,20+,21-,22+,23+,24?,25-,26-,27?/m0/s1. The van der Waals surface area contributed by atoms with Crippen molar-refractivity contribution in [2.75, 3.05) is 6.61 Å². The molecule has 2 fully saturated rings. The molecule has 0 amide bonds. The topological polar surface area (TPSA) is 248 Å². The number of hydrogen-bond donors (Lipinski definition) is 10. The van der Waals surface area contributed by atoms with Crippen LogP contribution in [0.25, 0.3) is 0 Å². The molecular formula is C27H34O15. The molecular weight excluding hydrogens is 564 g/mol. The summed E-state index contributed by atoms with van der Waals surface area (Å²) >= 11 is 0. The van der Waals surface area contributed by atoms with E-state index in [0.29, 0.717) is 0 Å². The average molecular weight is 599 g/mol. The highest BCUT2D eigenvalue weighted by atomic mass is 16.8. The van der Waals surface area contributed by atoms with E-state index < -0.39 is 92.1 Å². The van der Waals surface area contributed by atoms with E-state index in [1.807, 2.05) is 0 Å². The van der Waals surface area contributed by atoms with Crippen molar-refractivity contribution in [3.63, 3.8) is 0 Å². The maximum Gasteiger partial charge on any atom is 0.229 e. The van der Waals surface area contributed by atoms with Crippen molar-refractivity contribution < 1.29 is 74.7 Å². The van der Waals surface area contributed by atoms with Crippen molar-refractivity contribution in [3.05, 3.63) is 47.5 Å². The van der Waals surface area contributed by atoms with Crippen molar-refractivity contribution in [3.8, 4) is 23.0 Å². The number of aromatic hydroxyl groups is 2. The molecule has 15 heteroatoms. The highest BCUT2D eigenvalue weighted by molar-refractivity contribution is 5.52. The summed E-state index contributed by atoms with van der Waals surface area (Å²) in [5.74, 6) is -2.98. The molecule has 2 unspecified atom stereocenters. The Labute approximate surface area is 238 Å². The highest BCUT2D eigenvalue weighted by Crippen LogP contribution is 2.48. The first-order valence-electron chi connectivity index (χ1n) is 13.2. The Balaban J connectivity index is 1.47. The summed E-state index contributed by atoms with van der Waals surface area (Å²) in [5.41, 5.74) is 0.298. The van der Waals surface area contributed by atoms with Crippen LogP contribution >= 0.6 is 0 Å². The van der Waals surface area contributed by atoms with E-state index in [9.17, 15) is 51.1 Å². The molecule has 2 aromatic carbocycles. The Morgan fingerprint density at radius 3 is 2.14 bits per heavy atom. The Morgan fingerprint density at radius 2 is 1.48 bits per heavy atom. The molecule has 0 bridgehead atoms. The van der Waals surface area contributed by atoms with Gasteiger partial charge in [-0.05, 0) is 24.6 Å². The lowest BCUT2D eigenvalue weighted by molar-refractivity contribution is -0.379. The summed E-state index contributed by atoms with van der Waals surface area (Å²) in [5, 5.41) is 103. The normalized spacial score (nSPS) is 40.2. The van der Waals surface area contributed by atoms with Gasteiger partial charge in [0.1, 0.15) is 65.7 Å². The molecule has 3 aliphatic heterocycles. The number of aliphatic hydroxyl groups excluding tert-OH is 7. The Kier molecular flexibility index (Phi) is 8.54. The molecule has 0 saturated carbocycles. The van der Waals surface area contributed by atoms with E-state index in [1.54, 1.807) is 0 Å². The van der Waals surface area contributed by atoms with Crippen LogP contribution in [-0.2, 0) is 20.6 Å². The zero-order valence-electron chi connectivity index (χ0n) is 22.2. The predicted octanol–water partition coefficient (Wildman–Crippen LogP) is -2.51. The van der Waals surface area contributed by atoms with Crippen molar-refractivity contribution in [2.45, 2.75) is 86.6 Å².